The smallest absolute Gasteiger partial charge is 0.486 e. The number of esters is 2. The van der Waals surface area contributed by atoms with Crippen LogP contribution in [0.2, 0.25) is 0 Å². The number of benzene rings is 1. The third-order valence-electron chi connectivity index (χ3n) is 5.11. The molecule has 0 aliphatic carbocycles. The normalized spacial score (nSPS) is 21.7. The van der Waals surface area contributed by atoms with E-state index in [1.54, 1.807) is 37.3 Å². The van der Waals surface area contributed by atoms with Crippen LogP contribution in [0.4, 0.5) is 4.79 Å². The Kier molecular flexibility index (Phi) is 13.5. The molecular formula is C28H36O12. The number of carbonyl (C=O) groups excluding carboxylic acids is 3. The molecule has 12 nitrogen and oxygen atoms in total. The van der Waals surface area contributed by atoms with Crippen LogP contribution in [0.15, 0.2) is 56.2 Å². The second-order valence-corrected chi connectivity index (χ2v) is 8.20. The second kappa shape index (κ2) is 16.8. The zero-order chi connectivity index (χ0) is 29.5. The van der Waals surface area contributed by atoms with E-state index < -0.39 is 48.8 Å². The maximum atomic E-state index is 12.1. The molecule has 1 fully saturated rings. The zero-order valence-electron chi connectivity index (χ0n) is 22.9. The van der Waals surface area contributed by atoms with Crippen LogP contribution in [0.25, 0.3) is 0 Å². The molecule has 40 heavy (non-hydrogen) atoms. The van der Waals surface area contributed by atoms with Crippen molar-refractivity contribution in [3.8, 4) is 17.2 Å². The van der Waals surface area contributed by atoms with Gasteiger partial charge in [0.25, 0.3) is 0 Å². The van der Waals surface area contributed by atoms with Crippen LogP contribution in [0.1, 0.15) is 20.8 Å². The van der Waals surface area contributed by atoms with E-state index in [-0.39, 0.29) is 38.8 Å². The summed E-state index contributed by atoms with van der Waals surface area (Å²) in [4.78, 5) is 36.2. The number of ether oxygens (including phenoxy) is 9. The lowest BCUT2D eigenvalue weighted by Gasteiger charge is -2.44. The molecule has 1 aliphatic rings. The molecule has 1 aromatic rings. The van der Waals surface area contributed by atoms with Gasteiger partial charge in [-0.05, 0) is 19.1 Å². The number of hydrogen-bond acceptors (Lipinski definition) is 12. The van der Waals surface area contributed by atoms with E-state index in [1.165, 1.54) is 19.9 Å². The monoisotopic (exact) mass is 564 g/mol. The molecule has 0 amide bonds. The molecule has 220 valence electrons. The Hall–Kier alpha value is -4.03. The van der Waals surface area contributed by atoms with Gasteiger partial charge in [0.2, 0.25) is 0 Å². The third kappa shape index (κ3) is 9.93. The molecule has 0 aromatic heterocycles. The highest BCUT2D eigenvalue weighted by atomic mass is 16.8. The minimum Gasteiger partial charge on any atom is -0.486 e. The molecule has 0 N–H and O–H groups in total. The van der Waals surface area contributed by atoms with Crippen LogP contribution in [0.3, 0.4) is 0 Å². The molecule has 1 aliphatic heterocycles. The van der Waals surface area contributed by atoms with E-state index in [1.807, 2.05) is 0 Å². The van der Waals surface area contributed by atoms with Crippen molar-refractivity contribution in [3.63, 3.8) is 0 Å². The Morgan fingerprint density at radius 2 is 1.48 bits per heavy atom. The van der Waals surface area contributed by atoms with Crippen LogP contribution in [-0.2, 0) is 38.0 Å². The van der Waals surface area contributed by atoms with Crippen LogP contribution < -0.4 is 14.2 Å². The maximum Gasteiger partial charge on any atom is 0.508 e. The van der Waals surface area contributed by atoms with E-state index in [4.69, 9.17) is 42.6 Å². The lowest BCUT2D eigenvalue weighted by Crippen LogP contribution is -2.63. The van der Waals surface area contributed by atoms with E-state index in [0.717, 1.165) is 0 Å². The topological polar surface area (TPSA) is 134 Å². The molecule has 12 heteroatoms. The quantitative estimate of drug-likeness (QED) is 0.165. The summed E-state index contributed by atoms with van der Waals surface area (Å²) >= 11 is 0. The summed E-state index contributed by atoms with van der Waals surface area (Å²) in [6.07, 6.45) is -2.26. The van der Waals surface area contributed by atoms with Crippen LogP contribution in [0.5, 0.6) is 17.2 Å². The molecule has 0 radical (unpaired) electrons. The third-order valence-corrected chi connectivity index (χ3v) is 5.11. The predicted molar refractivity (Wildman–Crippen MR) is 141 cm³/mol. The lowest BCUT2D eigenvalue weighted by atomic mass is 9.98. The fraction of sp³-hybridized carbons (Fsp3) is 0.464. The van der Waals surface area contributed by atoms with Crippen molar-refractivity contribution in [3.05, 3.63) is 56.2 Å². The van der Waals surface area contributed by atoms with Crippen molar-refractivity contribution in [2.45, 2.75) is 51.5 Å². The summed E-state index contributed by atoms with van der Waals surface area (Å²) in [6.45, 7) is 15.0. The first kappa shape index (κ1) is 32.2. The van der Waals surface area contributed by atoms with Gasteiger partial charge in [-0.3, -0.25) is 9.59 Å². The van der Waals surface area contributed by atoms with Gasteiger partial charge in [0, 0.05) is 26.5 Å². The van der Waals surface area contributed by atoms with Crippen molar-refractivity contribution < 1.29 is 57.0 Å². The van der Waals surface area contributed by atoms with Gasteiger partial charge in [-0.2, -0.15) is 0 Å². The molecule has 1 aromatic carbocycles. The van der Waals surface area contributed by atoms with Gasteiger partial charge < -0.3 is 42.6 Å². The summed E-state index contributed by atoms with van der Waals surface area (Å²) < 4.78 is 50.3. The SMILES string of the molecule is C=CCOC(=O)OC[C@H]1OC(OCC)[C@H](OC(C)=O)[C@@H](OC(C)=O)[C@@H]1Oc1ccc(OCC=C)c(OCC=C)c1. The highest BCUT2D eigenvalue weighted by Crippen LogP contribution is 2.35. The van der Waals surface area contributed by atoms with Gasteiger partial charge in [0.1, 0.15) is 38.3 Å². The van der Waals surface area contributed by atoms with Gasteiger partial charge in [0.15, 0.2) is 36.1 Å². The number of hydrogen-bond donors (Lipinski definition) is 0. The average molecular weight is 565 g/mol. The van der Waals surface area contributed by atoms with E-state index in [0.29, 0.717) is 11.5 Å². The maximum absolute atomic E-state index is 12.1. The minimum absolute atomic E-state index is 0.0653. The summed E-state index contributed by atoms with van der Waals surface area (Å²) in [5, 5.41) is 0. The van der Waals surface area contributed by atoms with Gasteiger partial charge in [-0.1, -0.05) is 38.0 Å². The first-order valence-corrected chi connectivity index (χ1v) is 12.5. The largest absolute Gasteiger partial charge is 0.508 e. The zero-order valence-corrected chi connectivity index (χ0v) is 22.9. The van der Waals surface area contributed by atoms with Gasteiger partial charge in [-0.15, -0.1) is 0 Å². The molecule has 1 unspecified atom stereocenters. The van der Waals surface area contributed by atoms with Crippen LogP contribution in [-0.4, -0.2) is 81.8 Å². The Bertz CT molecular complexity index is 1020. The molecule has 2 rings (SSSR count). The fourth-order valence-electron chi connectivity index (χ4n) is 3.66. The summed E-state index contributed by atoms with van der Waals surface area (Å²) in [5.41, 5.74) is 0. The standard InChI is InChI=1S/C28H36O12/c1-7-13-33-21-12-11-20(16-22(21)34-14-8-2)39-24-23(17-36-28(31)35-15-9-3)40-27(32-10-4)26(38-19(6)30)25(24)37-18(5)29/h7-9,11-12,16,23-27H,1-3,10,13-15,17H2,4-6H3/t23-,24-,25+,26-,27?/m1/s1. The molecular weight excluding hydrogens is 528 g/mol. The molecule has 0 saturated carbocycles. The molecule has 0 bridgehead atoms. The number of carbonyl (C=O) groups is 3. The van der Waals surface area contributed by atoms with Crippen molar-refractivity contribution in [2.24, 2.45) is 0 Å². The Morgan fingerprint density at radius 3 is 2.08 bits per heavy atom. The average Bonchev–Trinajstić information content (AvgIpc) is 2.91. The van der Waals surface area contributed by atoms with E-state index in [9.17, 15) is 14.4 Å². The van der Waals surface area contributed by atoms with Gasteiger partial charge in [0.05, 0.1) is 0 Å². The highest BCUT2D eigenvalue weighted by molar-refractivity contribution is 5.67. The molecule has 1 heterocycles. The second-order valence-electron chi connectivity index (χ2n) is 8.20. The predicted octanol–water partition coefficient (Wildman–Crippen LogP) is 3.53. The minimum atomic E-state index is -1.22. The molecule has 0 spiro atoms. The number of rotatable bonds is 16. The summed E-state index contributed by atoms with van der Waals surface area (Å²) in [5.74, 6) is -0.331. The van der Waals surface area contributed by atoms with Gasteiger partial charge >= 0.3 is 18.1 Å². The van der Waals surface area contributed by atoms with Crippen molar-refractivity contribution >= 4 is 18.1 Å². The van der Waals surface area contributed by atoms with Crippen molar-refractivity contribution in [2.75, 3.05) is 33.0 Å². The lowest BCUT2D eigenvalue weighted by molar-refractivity contribution is -0.301. The van der Waals surface area contributed by atoms with Crippen molar-refractivity contribution in [1.29, 1.82) is 0 Å². The Morgan fingerprint density at radius 1 is 0.850 bits per heavy atom. The van der Waals surface area contributed by atoms with E-state index in [2.05, 4.69) is 19.7 Å². The van der Waals surface area contributed by atoms with Crippen LogP contribution >= 0.6 is 0 Å². The van der Waals surface area contributed by atoms with Crippen molar-refractivity contribution in [1.82, 2.24) is 0 Å². The fourth-order valence-corrected chi connectivity index (χ4v) is 3.66. The first-order valence-electron chi connectivity index (χ1n) is 12.5. The molecule has 1 saturated heterocycles. The van der Waals surface area contributed by atoms with Crippen LogP contribution in [0, 0.1) is 0 Å². The van der Waals surface area contributed by atoms with Gasteiger partial charge in [-0.25, -0.2) is 4.79 Å². The molecule has 5 atom stereocenters. The van der Waals surface area contributed by atoms with E-state index >= 15 is 0 Å². The summed E-state index contributed by atoms with van der Waals surface area (Å²) in [7, 11) is 0. The Balaban J connectivity index is 2.48. The Labute approximate surface area is 233 Å². The summed E-state index contributed by atoms with van der Waals surface area (Å²) in [6, 6.07) is 4.76. The highest BCUT2D eigenvalue weighted by Gasteiger charge is 2.52. The first-order chi connectivity index (χ1) is 19.2.